The van der Waals surface area contributed by atoms with Crippen molar-refractivity contribution in [3.05, 3.63) is 75.3 Å². The van der Waals surface area contributed by atoms with E-state index in [0.29, 0.717) is 24.5 Å². The van der Waals surface area contributed by atoms with Gasteiger partial charge in [-0.05, 0) is 25.1 Å². The maximum Gasteiger partial charge on any atom is 0.132 e. The second kappa shape index (κ2) is 9.44. The molecular formula is C23H24ClF2N5OS. The molecule has 10 heteroatoms. The summed E-state index contributed by atoms with van der Waals surface area (Å²) in [5.41, 5.74) is 0.0802. The average Bonchev–Trinajstić information content (AvgIpc) is 3.21. The highest BCUT2D eigenvalue weighted by Crippen LogP contribution is 2.37. The molecule has 0 bridgehead atoms. The molecule has 1 aliphatic heterocycles. The summed E-state index contributed by atoms with van der Waals surface area (Å²) < 4.78 is 28.3. The molecule has 3 aromatic rings. The molecule has 0 radical (unpaired) electrons. The number of benzene rings is 2. The van der Waals surface area contributed by atoms with Gasteiger partial charge in [-0.3, -0.25) is 15.3 Å². The highest BCUT2D eigenvalue weighted by atomic mass is 35.5. The van der Waals surface area contributed by atoms with E-state index in [9.17, 15) is 13.9 Å². The second-order valence-corrected chi connectivity index (χ2v) is 9.67. The Hall–Kier alpha value is -2.43. The molecule has 2 heterocycles. The third-order valence-corrected chi connectivity index (χ3v) is 7.42. The smallest absolute Gasteiger partial charge is 0.132 e. The molecule has 2 atom stereocenters. The van der Waals surface area contributed by atoms with Gasteiger partial charge < -0.3 is 5.11 Å². The summed E-state index contributed by atoms with van der Waals surface area (Å²) in [4.78, 5) is 7.86. The first kappa shape index (κ1) is 23.7. The van der Waals surface area contributed by atoms with Crippen molar-refractivity contribution in [2.24, 2.45) is 5.84 Å². The molecule has 0 saturated carbocycles. The zero-order valence-electron chi connectivity index (χ0n) is 17.9. The minimum absolute atomic E-state index is 0.0663. The van der Waals surface area contributed by atoms with Crippen molar-refractivity contribution in [3.8, 4) is 10.6 Å². The Balaban J connectivity index is 1.64. The van der Waals surface area contributed by atoms with Crippen LogP contribution >= 0.6 is 22.9 Å². The Morgan fingerprint density at radius 1 is 1.36 bits per heavy atom. The van der Waals surface area contributed by atoms with Crippen LogP contribution in [0.1, 0.15) is 23.1 Å². The molecule has 0 fully saturated rings. The summed E-state index contributed by atoms with van der Waals surface area (Å²) in [5, 5.41) is 21.6. The van der Waals surface area contributed by atoms with E-state index in [1.165, 1.54) is 6.07 Å². The van der Waals surface area contributed by atoms with Crippen LogP contribution < -0.4 is 5.84 Å². The number of halogens is 3. The number of aliphatic hydroxyl groups is 1. The van der Waals surface area contributed by atoms with Gasteiger partial charge in [-0.2, -0.15) is 0 Å². The molecular weight excluding hydrogens is 468 g/mol. The van der Waals surface area contributed by atoms with Crippen molar-refractivity contribution < 1.29 is 13.9 Å². The van der Waals surface area contributed by atoms with E-state index in [-0.39, 0.29) is 12.1 Å². The van der Waals surface area contributed by atoms with Gasteiger partial charge in [0.2, 0.25) is 0 Å². The van der Waals surface area contributed by atoms with Gasteiger partial charge in [0.15, 0.2) is 0 Å². The molecule has 6 nitrogen and oxygen atoms in total. The fourth-order valence-electron chi connectivity index (χ4n) is 4.20. The van der Waals surface area contributed by atoms with E-state index in [2.05, 4.69) is 0 Å². The number of hydrogen-bond acceptors (Lipinski definition) is 6. The van der Waals surface area contributed by atoms with Crippen molar-refractivity contribution in [2.45, 2.75) is 31.5 Å². The third kappa shape index (κ3) is 4.78. The second-order valence-electron chi connectivity index (χ2n) is 8.15. The van der Waals surface area contributed by atoms with Crippen molar-refractivity contribution in [3.63, 3.8) is 0 Å². The number of fused-ring (bicyclic) bond motifs is 1. The van der Waals surface area contributed by atoms with Gasteiger partial charge in [0.05, 0.1) is 18.6 Å². The van der Waals surface area contributed by atoms with Crippen molar-refractivity contribution in [1.29, 1.82) is 5.41 Å². The van der Waals surface area contributed by atoms with Gasteiger partial charge in [-0.1, -0.05) is 29.8 Å². The topological polar surface area (TPSA) is 89.5 Å². The monoisotopic (exact) mass is 491 g/mol. The van der Waals surface area contributed by atoms with E-state index in [0.717, 1.165) is 44.6 Å². The molecule has 33 heavy (non-hydrogen) atoms. The normalized spacial score (nSPS) is 16.7. The first-order valence-corrected chi connectivity index (χ1v) is 11.6. The number of nitrogens with two attached hydrogens (primary N) is 1. The summed E-state index contributed by atoms with van der Waals surface area (Å²) in [6.45, 7) is 2.65. The lowest BCUT2D eigenvalue weighted by Gasteiger charge is -2.43. The molecule has 1 aliphatic rings. The number of thiazole rings is 1. The lowest BCUT2D eigenvalue weighted by molar-refractivity contribution is -0.0645. The fourth-order valence-corrected chi connectivity index (χ4v) is 5.52. The average molecular weight is 492 g/mol. The summed E-state index contributed by atoms with van der Waals surface area (Å²) >= 11 is 7.69. The minimum atomic E-state index is -1.79. The van der Waals surface area contributed by atoms with Crippen LogP contribution in [0.3, 0.4) is 0 Å². The molecule has 0 amide bonds. The zero-order chi connectivity index (χ0) is 23.8. The van der Waals surface area contributed by atoms with Gasteiger partial charge in [-0.15, -0.1) is 11.3 Å². The van der Waals surface area contributed by atoms with Gasteiger partial charge >= 0.3 is 0 Å². The first-order chi connectivity index (χ1) is 15.7. The maximum absolute atomic E-state index is 14.7. The van der Waals surface area contributed by atoms with E-state index in [4.69, 9.17) is 27.8 Å². The van der Waals surface area contributed by atoms with Crippen LogP contribution in [0.4, 0.5) is 8.78 Å². The summed E-state index contributed by atoms with van der Waals surface area (Å²) in [6.07, 6.45) is 1.52. The van der Waals surface area contributed by atoms with E-state index in [1.807, 2.05) is 29.2 Å². The lowest BCUT2D eigenvalue weighted by atomic mass is 9.84. The molecule has 2 aromatic carbocycles. The van der Waals surface area contributed by atoms with E-state index < -0.39 is 23.3 Å². The Morgan fingerprint density at radius 3 is 2.85 bits per heavy atom. The van der Waals surface area contributed by atoms with Gasteiger partial charge in [0, 0.05) is 52.6 Å². The van der Waals surface area contributed by atoms with Crippen molar-refractivity contribution >= 4 is 29.3 Å². The van der Waals surface area contributed by atoms with E-state index in [1.54, 1.807) is 18.3 Å². The molecule has 0 saturated heterocycles. The Morgan fingerprint density at radius 2 is 2.15 bits per heavy atom. The van der Waals surface area contributed by atoms with Crippen LogP contribution in [0.5, 0.6) is 0 Å². The highest BCUT2D eigenvalue weighted by Gasteiger charge is 2.43. The molecule has 4 N–H and O–H groups in total. The molecule has 0 aliphatic carbocycles. The molecule has 0 spiro atoms. The largest absolute Gasteiger partial charge is 0.381 e. The van der Waals surface area contributed by atoms with Crippen molar-refractivity contribution in [1.82, 2.24) is 14.9 Å². The van der Waals surface area contributed by atoms with Crippen LogP contribution in [-0.4, -0.2) is 45.5 Å². The minimum Gasteiger partial charge on any atom is -0.381 e. The Bertz CT molecular complexity index is 1180. The number of rotatable bonds is 7. The van der Waals surface area contributed by atoms with E-state index >= 15 is 0 Å². The Labute approximate surface area is 199 Å². The number of hydrogen-bond donors (Lipinski definition) is 3. The lowest BCUT2D eigenvalue weighted by Crippen LogP contribution is -2.56. The molecule has 4 rings (SSSR count). The molecule has 174 valence electrons. The number of hydrazine groups is 1. The van der Waals surface area contributed by atoms with Crippen LogP contribution in [0.15, 0.2) is 42.5 Å². The van der Waals surface area contributed by atoms with Gasteiger partial charge in [0.1, 0.15) is 22.2 Å². The summed E-state index contributed by atoms with van der Waals surface area (Å²) in [7, 11) is 0. The van der Waals surface area contributed by atoms with Crippen LogP contribution in [-0.2, 0) is 18.6 Å². The van der Waals surface area contributed by atoms with Crippen LogP contribution in [0.2, 0.25) is 5.02 Å². The fraction of sp³-hybridized carbons (Fsp3) is 0.304. The van der Waals surface area contributed by atoms with Crippen LogP contribution in [0.25, 0.3) is 10.6 Å². The van der Waals surface area contributed by atoms with Gasteiger partial charge in [-0.25, -0.2) is 19.6 Å². The molecule has 2 unspecified atom stereocenters. The maximum atomic E-state index is 14.7. The third-order valence-electron chi connectivity index (χ3n) is 6.06. The zero-order valence-corrected chi connectivity index (χ0v) is 19.5. The highest BCUT2D eigenvalue weighted by molar-refractivity contribution is 7.15. The van der Waals surface area contributed by atoms with Crippen LogP contribution in [0, 0.1) is 17.0 Å². The first-order valence-electron chi connectivity index (χ1n) is 10.4. The number of aromatic nitrogens is 1. The van der Waals surface area contributed by atoms with Gasteiger partial charge in [0.25, 0.3) is 0 Å². The predicted molar refractivity (Wildman–Crippen MR) is 126 cm³/mol. The SMILES string of the molecule is CC(N1CCc2nc(-c3cccc(Cl)c3)sc2C1)C(O)(CN(N)C=N)c1ccc(F)cc1F. The Kier molecular flexibility index (Phi) is 6.78. The predicted octanol–water partition coefficient (Wildman–Crippen LogP) is 4.16. The number of nitrogens with one attached hydrogen (secondary N) is 1. The summed E-state index contributed by atoms with van der Waals surface area (Å²) in [5.74, 6) is 4.20. The van der Waals surface area contributed by atoms with Crippen molar-refractivity contribution in [2.75, 3.05) is 13.1 Å². The number of nitrogens with zero attached hydrogens (tertiary/aromatic N) is 3. The molecule has 1 aromatic heterocycles. The quantitative estimate of drug-likeness (QED) is 0.200. The standard InChI is InChI=1S/C23H24ClF2N5OS/c1-14(23(32,12-31(28)13-27)18-6-5-17(25)10-19(18)26)30-8-7-20-21(11-30)33-22(29-20)15-3-2-4-16(24)9-15/h2-6,9-10,13-14,27,32H,7-8,11-12,28H2,1H3. The summed E-state index contributed by atoms with van der Waals surface area (Å²) in [6, 6.07) is 10.0.